The van der Waals surface area contributed by atoms with Crippen LogP contribution in [0.5, 0.6) is 5.75 Å². The molecule has 24 heavy (non-hydrogen) atoms. The van der Waals surface area contributed by atoms with E-state index in [0.29, 0.717) is 18.2 Å². The van der Waals surface area contributed by atoms with Crippen LogP contribution in [-0.4, -0.2) is 35.5 Å². The van der Waals surface area contributed by atoms with Gasteiger partial charge in [-0.1, -0.05) is 49.1 Å². The number of carbonyl (C=O) groups excluding carboxylic acids is 1. The minimum absolute atomic E-state index is 0.0327. The second-order valence-corrected chi connectivity index (χ2v) is 7.76. The Hall–Kier alpha value is -1.80. The van der Waals surface area contributed by atoms with E-state index in [1.165, 1.54) is 23.1 Å². The van der Waals surface area contributed by atoms with Gasteiger partial charge < -0.3 is 15.4 Å². The van der Waals surface area contributed by atoms with E-state index in [0.717, 1.165) is 27.3 Å². The second kappa shape index (κ2) is 9.48. The number of aromatic nitrogens is 2. The van der Waals surface area contributed by atoms with Crippen molar-refractivity contribution in [3.63, 3.8) is 0 Å². The highest BCUT2D eigenvalue weighted by Crippen LogP contribution is 2.25. The van der Waals surface area contributed by atoms with Gasteiger partial charge >= 0.3 is 0 Å². The number of thioether (sulfide) groups is 1. The van der Waals surface area contributed by atoms with Crippen LogP contribution in [0.1, 0.15) is 19.4 Å². The highest BCUT2D eigenvalue weighted by molar-refractivity contribution is 8.01. The summed E-state index contributed by atoms with van der Waals surface area (Å²) in [5.74, 6) is 1.62. The molecule has 0 spiro atoms. The van der Waals surface area contributed by atoms with E-state index in [4.69, 9.17) is 4.74 Å². The molecule has 0 aliphatic carbocycles. The fraction of sp³-hybridized carbons (Fsp3) is 0.438. The molecule has 0 saturated heterocycles. The molecule has 1 amide bonds. The van der Waals surface area contributed by atoms with E-state index >= 15 is 0 Å². The average molecular weight is 367 g/mol. The minimum Gasteiger partial charge on any atom is -0.497 e. The molecule has 6 nitrogen and oxygen atoms in total. The first-order chi connectivity index (χ1) is 11.6. The Morgan fingerprint density at radius 2 is 2.21 bits per heavy atom. The number of amides is 1. The molecule has 0 aliphatic rings. The Balaban J connectivity index is 1.72. The van der Waals surface area contributed by atoms with Gasteiger partial charge in [-0.05, 0) is 23.6 Å². The molecular weight excluding hydrogens is 344 g/mol. The van der Waals surface area contributed by atoms with E-state index in [-0.39, 0.29) is 5.91 Å². The van der Waals surface area contributed by atoms with Gasteiger partial charge in [-0.3, -0.25) is 4.79 Å². The monoisotopic (exact) mass is 366 g/mol. The summed E-state index contributed by atoms with van der Waals surface area (Å²) >= 11 is 2.86. The van der Waals surface area contributed by atoms with Gasteiger partial charge in [-0.15, -0.1) is 10.2 Å². The van der Waals surface area contributed by atoms with Crippen LogP contribution in [-0.2, 0) is 11.3 Å². The predicted octanol–water partition coefficient (Wildman–Crippen LogP) is 3.02. The van der Waals surface area contributed by atoms with Gasteiger partial charge in [-0.25, -0.2) is 0 Å². The van der Waals surface area contributed by atoms with Crippen LogP contribution in [0.25, 0.3) is 0 Å². The number of nitrogens with one attached hydrogen (secondary N) is 2. The molecule has 2 N–H and O–H groups in total. The third-order valence-corrected chi connectivity index (χ3v) is 5.03. The highest BCUT2D eigenvalue weighted by Gasteiger charge is 2.08. The van der Waals surface area contributed by atoms with Crippen LogP contribution in [0.2, 0.25) is 0 Å². The first-order valence-electron chi connectivity index (χ1n) is 7.66. The normalized spacial score (nSPS) is 10.7. The summed E-state index contributed by atoms with van der Waals surface area (Å²) in [6, 6.07) is 7.64. The molecule has 8 heteroatoms. The van der Waals surface area contributed by atoms with Crippen LogP contribution in [0, 0.1) is 5.92 Å². The zero-order valence-corrected chi connectivity index (χ0v) is 15.7. The first-order valence-corrected chi connectivity index (χ1v) is 9.47. The average Bonchev–Trinajstić information content (AvgIpc) is 3.04. The van der Waals surface area contributed by atoms with Crippen LogP contribution >= 0.6 is 23.1 Å². The topological polar surface area (TPSA) is 76.1 Å². The van der Waals surface area contributed by atoms with Crippen molar-refractivity contribution in [1.82, 2.24) is 15.5 Å². The predicted molar refractivity (Wildman–Crippen MR) is 98.8 cm³/mol. The highest BCUT2D eigenvalue weighted by atomic mass is 32.2. The number of benzene rings is 1. The summed E-state index contributed by atoms with van der Waals surface area (Å²) < 4.78 is 5.96. The van der Waals surface area contributed by atoms with Crippen molar-refractivity contribution in [2.75, 3.05) is 24.7 Å². The Labute approximate surface area is 150 Å². The largest absolute Gasteiger partial charge is 0.497 e. The third-order valence-electron chi connectivity index (χ3n) is 3.02. The number of methoxy groups -OCH3 is 1. The smallest absolute Gasteiger partial charge is 0.230 e. The Kier molecular flexibility index (Phi) is 7.33. The lowest BCUT2D eigenvalue weighted by Gasteiger charge is -2.06. The molecule has 0 unspecified atom stereocenters. The van der Waals surface area contributed by atoms with Crippen LogP contribution < -0.4 is 15.4 Å². The number of ether oxygens (including phenoxy) is 1. The van der Waals surface area contributed by atoms with Crippen molar-refractivity contribution in [3.05, 3.63) is 29.8 Å². The van der Waals surface area contributed by atoms with Crippen molar-refractivity contribution >= 4 is 34.1 Å². The van der Waals surface area contributed by atoms with Gasteiger partial charge in [0, 0.05) is 13.1 Å². The van der Waals surface area contributed by atoms with Gasteiger partial charge in [0.1, 0.15) is 5.75 Å². The van der Waals surface area contributed by atoms with Crippen LogP contribution in [0.15, 0.2) is 28.6 Å². The number of anilines is 1. The summed E-state index contributed by atoms with van der Waals surface area (Å²) in [6.07, 6.45) is 0. The van der Waals surface area contributed by atoms with Gasteiger partial charge in [0.15, 0.2) is 4.34 Å². The van der Waals surface area contributed by atoms with E-state index in [9.17, 15) is 4.79 Å². The second-order valence-electron chi connectivity index (χ2n) is 5.56. The molecule has 2 rings (SSSR count). The zero-order valence-electron chi connectivity index (χ0n) is 14.0. The molecule has 1 heterocycles. The standard InChI is InChI=1S/C16H22N4O2S2/c1-11(2)8-18-15-19-20-16(24-15)23-10-14(21)17-9-12-5-4-6-13(7-12)22-3/h4-7,11H,8-10H2,1-3H3,(H,17,21)(H,18,19). The lowest BCUT2D eigenvalue weighted by atomic mass is 10.2. The van der Waals surface area contributed by atoms with E-state index in [1.54, 1.807) is 7.11 Å². The number of hydrogen-bond acceptors (Lipinski definition) is 7. The van der Waals surface area contributed by atoms with Gasteiger partial charge in [0.25, 0.3) is 0 Å². The molecule has 2 aromatic rings. The molecule has 0 saturated carbocycles. The fourth-order valence-corrected chi connectivity index (χ4v) is 3.38. The lowest BCUT2D eigenvalue weighted by molar-refractivity contribution is -0.118. The zero-order chi connectivity index (χ0) is 17.4. The van der Waals surface area contributed by atoms with Crippen molar-refractivity contribution in [2.24, 2.45) is 5.92 Å². The Bertz CT molecular complexity index is 661. The van der Waals surface area contributed by atoms with Gasteiger partial charge in [-0.2, -0.15) is 0 Å². The summed E-state index contributed by atoms with van der Waals surface area (Å²) in [4.78, 5) is 11.9. The van der Waals surface area contributed by atoms with E-state index in [1.807, 2.05) is 24.3 Å². The molecule has 0 radical (unpaired) electrons. The molecule has 0 atom stereocenters. The quantitative estimate of drug-likeness (QED) is 0.665. The SMILES string of the molecule is COc1cccc(CNC(=O)CSc2nnc(NCC(C)C)s2)c1. The summed E-state index contributed by atoms with van der Waals surface area (Å²) in [6.45, 7) is 5.61. The maximum Gasteiger partial charge on any atom is 0.230 e. The maximum absolute atomic E-state index is 11.9. The Morgan fingerprint density at radius 3 is 2.96 bits per heavy atom. The molecule has 0 fully saturated rings. The molecule has 1 aromatic carbocycles. The number of carbonyl (C=O) groups is 1. The van der Waals surface area contributed by atoms with Crippen LogP contribution in [0.3, 0.4) is 0 Å². The molecule has 1 aromatic heterocycles. The third kappa shape index (κ3) is 6.37. The van der Waals surface area contributed by atoms with Gasteiger partial charge in [0.05, 0.1) is 12.9 Å². The van der Waals surface area contributed by atoms with E-state index < -0.39 is 0 Å². The first kappa shape index (κ1) is 18.5. The number of rotatable bonds is 9. The molecule has 130 valence electrons. The van der Waals surface area contributed by atoms with E-state index in [2.05, 4.69) is 34.7 Å². The van der Waals surface area contributed by atoms with Crippen molar-refractivity contribution in [2.45, 2.75) is 24.7 Å². The maximum atomic E-state index is 11.9. The van der Waals surface area contributed by atoms with Crippen molar-refractivity contribution in [3.8, 4) is 5.75 Å². The minimum atomic E-state index is -0.0327. The Morgan fingerprint density at radius 1 is 1.38 bits per heavy atom. The van der Waals surface area contributed by atoms with Crippen molar-refractivity contribution < 1.29 is 9.53 Å². The summed E-state index contributed by atoms with van der Waals surface area (Å²) in [5.41, 5.74) is 1.00. The fourth-order valence-electron chi connectivity index (χ4n) is 1.79. The van der Waals surface area contributed by atoms with Crippen LogP contribution in [0.4, 0.5) is 5.13 Å². The summed E-state index contributed by atoms with van der Waals surface area (Å²) in [5, 5.41) is 15.1. The molecule has 0 aliphatic heterocycles. The van der Waals surface area contributed by atoms with Gasteiger partial charge in [0.2, 0.25) is 11.0 Å². The number of hydrogen-bond donors (Lipinski definition) is 2. The summed E-state index contributed by atoms with van der Waals surface area (Å²) in [7, 11) is 1.63. The molecular formula is C16H22N4O2S2. The number of nitrogens with zero attached hydrogens (tertiary/aromatic N) is 2. The van der Waals surface area contributed by atoms with Crippen molar-refractivity contribution in [1.29, 1.82) is 0 Å². The lowest BCUT2D eigenvalue weighted by Crippen LogP contribution is -2.24. The molecule has 0 bridgehead atoms.